The van der Waals surface area contributed by atoms with E-state index in [9.17, 15) is 5.11 Å². The summed E-state index contributed by atoms with van der Waals surface area (Å²) in [6.07, 6.45) is 2.60. The van der Waals surface area contributed by atoms with Crippen LogP contribution in [-0.2, 0) is 6.54 Å². The molecule has 0 aromatic heterocycles. The number of aliphatic hydroxyl groups is 1. The molecule has 0 saturated carbocycles. The summed E-state index contributed by atoms with van der Waals surface area (Å²) >= 11 is 0. The van der Waals surface area contributed by atoms with E-state index in [1.807, 2.05) is 38.1 Å². The highest BCUT2D eigenvalue weighted by molar-refractivity contribution is 5.85. The SMILES string of the molecule is COc1ccc(CN2CCC(O)(CCN(C)c3ccc(OC(C)C)cc3)CC2)cc1.Cl.Cl. The molecule has 1 heterocycles. The fraction of sp³-hybridized carbons (Fsp3) is 0.520. The van der Waals surface area contributed by atoms with Crippen molar-refractivity contribution in [3.8, 4) is 11.5 Å². The molecule has 180 valence electrons. The fourth-order valence-corrected chi connectivity index (χ4v) is 3.92. The number of halogens is 2. The first kappa shape index (κ1) is 28.4. The minimum absolute atomic E-state index is 0. The number of ether oxygens (including phenoxy) is 2. The molecule has 1 aliphatic rings. The molecule has 0 spiro atoms. The number of likely N-dealkylation sites (tertiary alicyclic amines) is 1. The minimum Gasteiger partial charge on any atom is -0.497 e. The quantitative estimate of drug-likeness (QED) is 0.531. The Morgan fingerprint density at radius 3 is 2.06 bits per heavy atom. The van der Waals surface area contributed by atoms with E-state index < -0.39 is 5.60 Å². The smallest absolute Gasteiger partial charge is 0.119 e. The fourth-order valence-electron chi connectivity index (χ4n) is 3.92. The molecule has 1 fully saturated rings. The maximum atomic E-state index is 11.1. The second-order valence-electron chi connectivity index (χ2n) is 8.68. The molecule has 2 aromatic carbocycles. The van der Waals surface area contributed by atoms with Crippen LogP contribution in [0, 0.1) is 0 Å². The van der Waals surface area contributed by atoms with Crippen molar-refractivity contribution >= 4 is 30.5 Å². The average Bonchev–Trinajstić information content (AvgIpc) is 2.75. The van der Waals surface area contributed by atoms with Gasteiger partial charge in [0.05, 0.1) is 18.8 Å². The van der Waals surface area contributed by atoms with Crippen molar-refractivity contribution in [3.63, 3.8) is 0 Å². The monoisotopic (exact) mass is 484 g/mol. The average molecular weight is 485 g/mol. The van der Waals surface area contributed by atoms with E-state index >= 15 is 0 Å². The van der Waals surface area contributed by atoms with Crippen molar-refractivity contribution in [1.82, 2.24) is 4.90 Å². The molecule has 2 aromatic rings. The number of nitrogens with zero attached hydrogens (tertiary/aromatic N) is 2. The molecule has 0 aliphatic carbocycles. The van der Waals surface area contributed by atoms with Crippen molar-refractivity contribution in [2.75, 3.05) is 38.7 Å². The molecule has 1 N–H and O–H groups in total. The summed E-state index contributed by atoms with van der Waals surface area (Å²) in [4.78, 5) is 4.63. The Bertz CT molecular complexity index is 777. The van der Waals surface area contributed by atoms with Gasteiger partial charge in [-0.15, -0.1) is 24.8 Å². The number of methoxy groups -OCH3 is 1. The van der Waals surface area contributed by atoms with Crippen LogP contribution in [0.4, 0.5) is 5.69 Å². The van der Waals surface area contributed by atoms with Crippen LogP contribution in [0.3, 0.4) is 0 Å². The van der Waals surface area contributed by atoms with Crippen LogP contribution in [0.2, 0.25) is 0 Å². The molecular formula is C25H38Cl2N2O3. The number of hydrogen-bond acceptors (Lipinski definition) is 5. The second-order valence-corrected chi connectivity index (χ2v) is 8.68. The van der Waals surface area contributed by atoms with E-state index in [1.54, 1.807) is 7.11 Å². The zero-order valence-corrected chi connectivity index (χ0v) is 21.3. The van der Waals surface area contributed by atoms with Crippen LogP contribution in [0.25, 0.3) is 0 Å². The van der Waals surface area contributed by atoms with E-state index in [0.29, 0.717) is 0 Å². The molecular weight excluding hydrogens is 447 g/mol. The van der Waals surface area contributed by atoms with Gasteiger partial charge in [0.1, 0.15) is 11.5 Å². The number of anilines is 1. The lowest BCUT2D eigenvalue weighted by Gasteiger charge is -2.39. The van der Waals surface area contributed by atoms with E-state index in [-0.39, 0.29) is 30.9 Å². The van der Waals surface area contributed by atoms with Gasteiger partial charge in [-0.2, -0.15) is 0 Å². The van der Waals surface area contributed by atoms with Gasteiger partial charge >= 0.3 is 0 Å². The largest absolute Gasteiger partial charge is 0.497 e. The third-order valence-corrected chi connectivity index (χ3v) is 5.91. The Balaban J connectivity index is 0.00000256. The predicted molar refractivity (Wildman–Crippen MR) is 137 cm³/mol. The molecule has 1 aliphatic heterocycles. The van der Waals surface area contributed by atoms with Crippen LogP contribution in [0.15, 0.2) is 48.5 Å². The first-order valence-electron chi connectivity index (χ1n) is 10.9. The lowest BCUT2D eigenvalue weighted by molar-refractivity contribution is -0.0275. The Morgan fingerprint density at radius 1 is 0.969 bits per heavy atom. The highest BCUT2D eigenvalue weighted by Gasteiger charge is 2.32. The minimum atomic E-state index is -0.578. The maximum absolute atomic E-state index is 11.1. The summed E-state index contributed by atoms with van der Waals surface area (Å²) < 4.78 is 10.9. The molecule has 32 heavy (non-hydrogen) atoms. The molecule has 1 saturated heterocycles. The third-order valence-electron chi connectivity index (χ3n) is 5.91. The first-order chi connectivity index (χ1) is 14.4. The molecule has 0 atom stereocenters. The number of hydrogen-bond donors (Lipinski definition) is 1. The zero-order valence-electron chi connectivity index (χ0n) is 19.6. The van der Waals surface area contributed by atoms with Crippen molar-refractivity contribution in [1.29, 1.82) is 0 Å². The van der Waals surface area contributed by atoms with Crippen LogP contribution >= 0.6 is 24.8 Å². The van der Waals surface area contributed by atoms with Gasteiger partial charge in [0.2, 0.25) is 0 Å². The summed E-state index contributed by atoms with van der Waals surface area (Å²) in [7, 11) is 3.77. The number of rotatable bonds is 9. The van der Waals surface area contributed by atoms with Crippen molar-refractivity contribution < 1.29 is 14.6 Å². The Labute approximate surface area is 205 Å². The Morgan fingerprint density at radius 2 is 1.53 bits per heavy atom. The van der Waals surface area contributed by atoms with Gasteiger partial charge in [-0.3, -0.25) is 4.90 Å². The lowest BCUT2D eigenvalue weighted by atomic mass is 9.88. The van der Waals surface area contributed by atoms with Crippen LogP contribution in [0.1, 0.15) is 38.7 Å². The summed E-state index contributed by atoms with van der Waals surface area (Å²) in [5.41, 5.74) is 1.85. The van der Waals surface area contributed by atoms with Gasteiger partial charge in [-0.05, 0) is 75.1 Å². The van der Waals surface area contributed by atoms with Crippen LogP contribution in [0.5, 0.6) is 11.5 Å². The summed E-state index contributed by atoms with van der Waals surface area (Å²) in [6.45, 7) is 7.66. The van der Waals surface area contributed by atoms with Gasteiger partial charge < -0.3 is 19.5 Å². The van der Waals surface area contributed by atoms with Gasteiger partial charge in [-0.1, -0.05) is 12.1 Å². The Kier molecular flexibility index (Phi) is 11.7. The molecule has 5 nitrogen and oxygen atoms in total. The van der Waals surface area contributed by atoms with Gasteiger partial charge in [0.15, 0.2) is 0 Å². The molecule has 0 radical (unpaired) electrons. The summed E-state index contributed by atoms with van der Waals surface area (Å²) in [5.74, 6) is 1.78. The van der Waals surface area contributed by atoms with Crippen LogP contribution < -0.4 is 14.4 Å². The highest BCUT2D eigenvalue weighted by Crippen LogP contribution is 2.28. The van der Waals surface area contributed by atoms with E-state index in [4.69, 9.17) is 9.47 Å². The van der Waals surface area contributed by atoms with Gasteiger partial charge in [0.25, 0.3) is 0 Å². The van der Waals surface area contributed by atoms with Crippen LogP contribution in [-0.4, -0.2) is 55.5 Å². The van der Waals surface area contributed by atoms with E-state index in [1.165, 1.54) is 5.56 Å². The number of benzene rings is 2. The highest BCUT2D eigenvalue weighted by atomic mass is 35.5. The first-order valence-corrected chi connectivity index (χ1v) is 10.9. The summed E-state index contributed by atoms with van der Waals surface area (Å²) in [5, 5.41) is 11.1. The normalized spacial score (nSPS) is 15.4. The lowest BCUT2D eigenvalue weighted by Crippen LogP contribution is -2.45. The Hall–Kier alpha value is -1.66. The van der Waals surface area contributed by atoms with Crippen molar-refractivity contribution in [2.24, 2.45) is 0 Å². The zero-order chi connectivity index (χ0) is 21.6. The molecule has 0 bridgehead atoms. The molecule has 0 unspecified atom stereocenters. The molecule has 0 amide bonds. The van der Waals surface area contributed by atoms with Crippen molar-refractivity contribution in [2.45, 2.75) is 51.4 Å². The van der Waals surface area contributed by atoms with E-state index in [2.05, 4.69) is 41.1 Å². The second kappa shape index (κ2) is 13.1. The van der Waals surface area contributed by atoms with E-state index in [0.717, 1.165) is 62.6 Å². The predicted octanol–water partition coefficient (Wildman–Crippen LogP) is 5.18. The van der Waals surface area contributed by atoms with Gasteiger partial charge in [0, 0.05) is 38.9 Å². The number of piperidine rings is 1. The topological polar surface area (TPSA) is 45.2 Å². The summed E-state index contributed by atoms with van der Waals surface area (Å²) in [6, 6.07) is 16.4. The molecule has 3 rings (SSSR count). The third kappa shape index (κ3) is 8.36. The molecule has 7 heteroatoms. The van der Waals surface area contributed by atoms with Crippen molar-refractivity contribution in [3.05, 3.63) is 54.1 Å². The van der Waals surface area contributed by atoms with Gasteiger partial charge in [-0.25, -0.2) is 0 Å². The maximum Gasteiger partial charge on any atom is 0.119 e. The standard InChI is InChI=1S/C25H36N2O3.2ClH/c1-20(2)30-24-11-7-22(8-12-24)26(3)16-13-25(28)14-17-27(18-15-25)19-21-5-9-23(29-4)10-6-21;;/h5-12,20,28H,13-19H2,1-4H3;2*1H.